The zero-order valence-electron chi connectivity index (χ0n) is 7.52. The Bertz CT molecular complexity index is 226. The Morgan fingerprint density at radius 1 is 1.36 bits per heavy atom. The first-order valence-electron chi connectivity index (χ1n) is 3.82. The van der Waals surface area contributed by atoms with Crippen LogP contribution in [0.25, 0.3) is 0 Å². The second-order valence-electron chi connectivity index (χ2n) is 3.64. The summed E-state index contributed by atoms with van der Waals surface area (Å²) in [5.74, 6) is 0.978. The molecule has 62 valence electrons. The Morgan fingerprint density at radius 2 is 1.91 bits per heavy atom. The fraction of sp³-hybridized carbons (Fsp3) is 0.667. The number of ether oxygens (including phenoxy) is 1. The molecule has 0 aromatic rings. The van der Waals surface area contributed by atoms with E-state index in [9.17, 15) is 0 Å². The Kier molecular flexibility index (Phi) is 2.06. The predicted octanol–water partition coefficient (Wildman–Crippen LogP) is 2.85. The minimum atomic E-state index is -0.0966. The molecule has 1 rings (SSSR count). The summed E-state index contributed by atoms with van der Waals surface area (Å²) in [6.45, 7) is 8.12. The molecule has 0 unspecified atom stereocenters. The first-order valence-corrected chi connectivity index (χ1v) is 4.23. The van der Waals surface area contributed by atoms with E-state index in [1.807, 2.05) is 13.8 Å². The molecule has 1 aliphatic heterocycles. The molecule has 0 saturated carbocycles. The summed E-state index contributed by atoms with van der Waals surface area (Å²) in [5.41, 5.74) is 1.04. The summed E-state index contributed by atoms with van der Waals surface area (Å²) >= 11 is 5.22. The summed E-state index contributed by atoms with van der Waals surface area (Å²) in [7, 11) is 0. The smallest absolute Gasteiger partial charge is 0.108 e. The van der Waals surface area contributed by atoms with Crippen molar-refractivity contribution in [3.8, 4) is 0 Å². The molecule has 0 aromatic heterocycles. The van der Waals surface area contributed by atoms with Gasteiger partial charge in [0, 0.05) is 16.9 Å². The number of thiocarbonyl (C=S) groups is 1. The van der Waals surface area contributed by atoms with E-state index in [0.29, 0.717) is 0 Å². The monoisotopic (exact) mass is 170 g/mol. The quantitative estimate of drug-likeness (QED) is 0.517. The maximum atomic E-state index is 5.65. The molecule has 11 heavy (non-hydrogen) atoms. The fourth-order valence-corrected chi connectivity index (χ4v) is 1.73. The maximum absolute atomic E-state index is 5.65. The van der Waals surface area contributed by atoms with E-state index < -0.39 is 0 Å². The molecule has 0 saturated heterocycles. The van der Waals surface area contributed by atoms with Gasteiger partial charge in [0.15, 0.2) is 0 Å². The first kappa shape index (κ1) is 8.72. The number of hydrogen-bond acceptors (Lipinski definition) is 2. The van der Waals surface area contributed by atoms with Crippen molar-refractivity contribution >= 4 is 17.1 Å². The Hall–Kier alpha value is -0.370. The summed E-state index contributed by atoms with van der Waals surface area (Å²) in [4.78, 5) is 1.04. The van der Waals surface area contributed by atoms with Crippen LogP contribution in [0, 0.1) is 0 Å². The lowest BCUT2D eigenvalue weighted by Gasteiger charge is -2.32. The molecule has 0 radical (unpaired) electrons. The van der Waals surface area contributed by atoms with Crippen LogP contribution in [0.4, 0.5) is 0 Å². The van der Waals surface area contributed by atoms with Crippen LogP contribution in [0.1, 0.15) is 34.1 Å². The molecule has 0 aromatic carbocycles. The molecule has 0 fully saturated rings. The van der Waals surface area contributed by atoms with Gasteiger partial charge in [0.2, 0.25) is 0 Å². The molecular weight excluding hydrogens is 156 g/mol. The SMILES string of the molecule is CC1=C(C)C(=S)CC(C)(C)O1. The molecule has 0 aliphatic carbocycles. The maximum Gasteiger partial charge on any atom is 0.108 e. The molecule has 2 heteroatoms. The molecule has 1 heterocycles. The van der Waals surface area contributed by atoms with Gasteiger partial charge in [0.25, 0.3) is 0 Å². The minimum Gasteiger partial charge on any atom is -0.492 e. The van der Waals surface area contributed by atoms with Gasteiger partial charge >= 0.3 is 0 Å². The van der Waals surface area contributed by atoms with Gasteiger partial charge in [-0.15, -0.1) is 0 Å². The van der Waals surface area contributed by atoms with Gasteiger partial charge < -0.3 is 4.74 Å². The number of allylic oxidation sites excluding steroid dienone is 2. The molecule has 0 bridgehead atoms. The Labute approximate surface area is 73.4 Å². The molecule has 0 spiro atoms. The van der Waals surface area contributed by atoms with Crippen LogP contribution in [0.2, 0.25) is 0 Å². The molecule has 0 amide bonds. The molecule has 1 nitrogen and oxygen atoms in total. The van der Waals surface area contributed by atoms with Crippen molar-refractivity contribution in [1.82, 2.24) is 0 Å². The van der Waals surface area contributed by atoms with Gasteiger partial charge in [-0.05, 0) is 27.7 Å². The van der Waals surface area contributed by atoms with Crippen molar-refractivity contribution in [1.29, 1.82) is 0 Å². The highest BCUT2D eigenvalue weighted by Crippen LogP contribution is 2.28. The van der Waals surface area contributed by atoms with Crippen LogP contribution in [0.3, 0.4) is 0 Å². The zero-order valence-corrected chi connectivity index (χ0v) is 8.34. The van der Waals surface area contributed by atoms with E-state index in [2.05, 4.69) is 13.8 Å². The van der Waals surface area contributed by atoms with Crippen molar-refractivity contribution in [2.45, 2.75) is 39.7 Å². The van der Waals surface area contributed by atoms with Gasteiger partial charge in [-0.1, -0.05) is 12.2 Å². The van der Waals surface area contributed by atoms with Gasteiger partial charge in [-0.3, -0.25) is 0 Å². The van der Waals surface area contributed by atoms with E-state index in [-0.39, 0.29) is 5.60 Å². The normalized spacial score (nSPS) is 23.5. The lowest BCUT2D eigenvalue weighted by Crippen LogP contribution is -2.31. The van der Waals surface area contributed by atoms with Gasteiger partial charge in [-0.2, -0.15) is 0 Å². The molecule has 0 N–H and O–H groups in total. The first-order chi connectivity index (χ1) is 4.92. The van der Waals surface area contributed by atoms with E-state index in [1.165, 1.54) is 0 Å². The third-order valence-corrected chi connectivity index (χ3v) is 2.41. The minimum absolute atomic E-state index is 0.0966. The molecule has 0 atom stereocenters. The number of hydrogen-bond donors (Lipinski definition) is 0. The highest BCUT2D eigenvalue weighted by atomic mass is 32.1. The summed E-state index contributed by atoms with van der Waals surface area (Å²) in [6.07, 6.45) is 0.867. The van der Waals surface area contributed by atoms with Gasteiger partial charge in [0.05, 0.1) is 5.76 Å². The highest BCUT2D eigenvalue weighted by molar-refractivity contribution is 7.80. The Morgan fingerprint density at radius 3 is 2.36 bits per heavy atom. The van der Waals surface area contributed by atoms with E-state index in [4.69, 9.17) is 17.0 Å². The third-order valence-electron chi connectivity index (χ3n) is 1.96. The fourth-order valence-electron chi connectivity index (χ4n) is 1.24. The van der Waals surface area contributed by atoms with E-state index in [0.717, 1.165) is 22.6 Å². The van der Waals surface area contributed by atoms with Crippen molar-refractivity contribution < 1.29 is 4.74 Å². The predicted molar refractivity (Wildman–Crippen MR) is 50.8 cm³/mol. The van der Waals surface area contributed by atoms with Crippen LogP contribution in [-0.4, -0.2) is 10.5 Å². The van der Waals surface area contributed by atoms with Crippen molar-refractivity contribution in [3.63, 3.8) is 0 Å². The van der Waals surface area contributed by atoms with Crippen molar-refractivity contribution in [3.05, 3.63) is 11.3 Å². The van der Waals surface area contributed by atoms with Crippen molar-refractivity contribution in [2.75, 3.05) is 0 Å². The Balaban J connectivity index is 2.94. The summed E-state index contributed by atoms with van der Waals surface area (Å²) in [6, 6.07) is 0. The van der Waals surface area contributed by atoms with Crippen LogP contribution in [0.5, 0.6) is 0 Å². The molecular formula is C9H14OS. The van der Waals surface area contributed by atoms with Crippen LogP contribution in [0.15, 0.2) is 11.3 Å². The second-order valence-corrected chi connectivity index (χ2v) is 4.14. The standard InChI is InChI=1S/C9H14OS/c1-6-7(2)10-9(3,4)5-8(6)11/h5H2,1-4H3. The summed E-state index contributed by atoms with van der Waals surface area (Å²) < 4.78 is 5.65. The summed E-state index contributed by atoms with van der Waals surface area (Å²) in [5, 5.41) is 0. The molecule has 1 aliphatic rings. The average Bonchev–Trinajstić information content (AvgIpc) is 1.81. The third kappa shape index (κ3) is 1.80. The van der Waals surface area contributed by atoms with Crippen LogP contribution in [-0.2, 0) is 4.74 Å². The lowest BCUT2D eigenvalue weighted by molar-refractivity contribution is 0.0364. The van der Waals surface area contributed by atoms with E-state index >= 15 is 0 Å². The van der Waals surface area contributed by atoms with Gasteiger partial charge in [-0.25, -0.2) is 0 Å². The van der Waals surface area contributed by atoms with Crippen LogP contribution < -0.4 is 0 Å². The highest BCUT2D eigenvalue weighted by Gasteiger charge is 2.27. The second kappa shape index (κ2) is 2.59. The number of rotatable bonds is 0. The largest absolute Gasteiger partial charge is 0.492 e. The topological polar surface area (TPSA) is 9.23 Å². The van der Waals surface area contributed by atoms with Crippen LogP contribution >= 0.6 is 12.2 Å². The van der Waals surface area contributed by atoms with Gasteiger partial charge in [0.1, 0.15) is 5.60 Å². The van der Waals surface area contributed by atoms with Crippen molar-refractivity contribution in [2.24, 2.45) is 0 Å². The zero-order chi connectivity index (χ0) is 8.65. The van der Waals surface area contributed by atoms with E-state index in [1.54, 1.807) is 0 Å². The average molecular weight is 170 g/mol. The lowest BCUT2D eigenvalue weighted by atomic mass is 9.95.